The zero-order valence-corrected chi connectivity index (χ0v) is 41.0. The van der Waals surface area contributed by atoms with E-state index < -0.39 is 6.10 Å². The second-order valence-electron chi connectivity index (χ2n) is 16.4. The van der Waals surface area contributed by atoms with Crippen LogP contribution in [-0.2, 0) is 28.6 Å². The minimum Gasteiger partial charge on any atom is -0.462 e. The molecule has 0 spiro atoms. The average molecular weight is 885 g/mol. The molecular formula is C58H92O6. The predicted molar refractivity (Wildman–Crippen MR) is 274 cm³/mol. The molecule has 0 aromatic rings. The largest absolute Gasteiger partial charge is 0.462 e. The standard InChI is InChI=1S/C58H92O6/c1-4-7-10-13-16-19-21-23-25-27-29-31-32-34-36-39-42-45-48-51-57(60)63-54-55(53-62-56(59)50-47-44-41-38-18-15-12-9-6-3)64-58(61)52-49-46-43-40-37-35-33-30-28-26-24-22-20-17-14-11-8-5-2/h7,10,16,19,22-26,28-31,33-34,36,38,41-42,45,55H,4-6,8-9,11-15,17-18,20-21,27,32,35,37,39-40,43-44,46-54H2,1-3H3/b10-7-,19-16-,24-22-,25-23-,28-26-,31-29-,33-30-,36-34-,41-38-,45-42-. The van der Waals surface area contributed by atoms with Gasteiger partial charge >= 0.3 is 17.9 Å². The first-order chi connectivity index (χ1) is 31.5. The molecule has 0 saturated heterocycles. The molecule has 0 aliphatic rings. The van der Waals surface area contributed by atoms with Gasteiger partial charge in [0.15, 0.2) is 6.10 Å². The van der Waals surface area contributed by atoms with Crippen molar-refractivity contribution in [2.75, 3.05) is 13.2 Å². The Kier molecular flexibility index (Phi) is 48.1. The van der Waals surface area contributed by atoms with Gasteiger partial charge in [0.25, 0.3) is 0 Å². The Balaban J connectivity index is 4.53. The molecule has 6 heteroatoms. The van der Waals surface area contributed by atoms with Gasteiger partial charge in [-0.3, -0.25) is 14.4 Å². The molecule has 0 N–H and O–H groups in total. The molecule has 0 aliphatic carbocycles. The SMILES string of the molecule is CC/C=C\C/C=C\C/C=C\C/C=C\C/C=C\C/C=C\CCC(=O)OCC(COC(=O)CCC/C=C\CCCCCC)OC(=O)CCCCCCC\C=C/C=C\C=C/CCCCCCC. The molecular weight excluding hydrogens is 793 g/mol. The monoisotopic (exact) mass is 885 g/mol. The molecule has 0 saturated carbocycles. The van der Waals surface area contributed by atoms with Gasteiger partial charge in [0.1, 0.15) is 13.2 Å². The summed E-state index contributed by atoms with van der Waals surface area (Å²) in [5.41, 5.74) is 0. The summed E-state index contributed by atoms with van der Waals surface area (Å²) in [6, 6.07) is 0. The van der Waals surface area contributed by atoms with Crippen LogP contribution in [0.25, 0.3) is 0 Å². The summed E-state index contributed by atoms with van der Waals surface area (Å²) in [5, 5.41) is 0. The predicted octanol–water partition coefficient (Wildman–Crippen LogP) is 16.9. The van der Waals surface area contributed by atoms with Crippen molar-refractivity contribution in [1.29, 1.82) is 0 Å². The molecule has 0 bridgehead atoms. The van der Waals surface area contributed by atoms with Gasteiger partial charge in [-0.25, -0.2) is 0 Å². The molecule has 1 unspecified atom stereocenters. The highest BCUT2D eigenvalue weighted by Crippen LogP contribution is 2.11. The van der Waals surface area contributed by atoms with Crippen LogP contribution in [0.2, 0.25) is 0 Å². The topological polar surface area (TPSA) is 78.9 Å². The Morgan fingerprint density at radius 3 is 1.23 bits per heavy atom. The van der Waals surface area contributed by atoms with Gasteiger partial charge in [0.2, 0.25) is 0 Å². The van der Waals surface area contributed by atoms with E-state index in [2.05, 4.69) is 130 Å². The third-order valence-electron chi connectivity index (χ3n) is 10.2. The van der Waals surface area contributed by atoms with E-state index >= 15 is 0 Å². The van der Waals surface area contributed by atoms with E-state index in [4.69, 9.17) is 14.2 Å². The van der Waals surface area contributed by atoms with E-state index in [0.29, 0.717) is 12.8 Å². The lowest BCUT2D eigenvalue weighted by Crippen LogP contribution is -2.30. The van der Waals surface area contributed by atoms with E-state index in [9.17, 15) is 14.4 Å². The molecule has 0 aromatic heterocycles. The van der Waals surface area contributed by atoms with Crippen molar-refractivity contribution in [3.8, 4) is 0 Å². The Morgan fingerprint density at radius 1 is 0.344 bits per heavy atom. The van der Waals surface area contributed by atoms with Crippen LogP contribution in [0.4, 0.5) is 0 Å². The van der Waals surface area contributed by atoms with Crippen molar-refractivity contribution >= 4 is 17.9 Å². The second-order valence-corrected chi connectivity index (χ2v) is 16.4. The van der Waals surface area contributed by atoms with Crippen LogP contribution >= 0.6 is 0 Å². The fraction of sp³-hybridized carbons (Fsp3) is 0.603. The molecule has 0 fully saturated rings. The van der Waals surface area contributed by atoms with Gasteiger partial charge in [0, 0.05) is 19.3 Å². The van der Waals surface area contributed by atoms with Crippen molar-refractivity contribution in [3.63, 3.8) is 0 Å². The number of ether oxygens (including phenoxy) is 3. The third-order valence-corrected chi connectivity index (χ3v) is 10.2. The number of esters is 3. The van der Waals surface area contributed by atoms with Gasteiger partial charge in [-0.05, 0) is 103 Å². The highest BCUT2D eigenvalue weighted by atomic mass is 16.6. The smallest absolute Gasteiger partial charge is 0.306 e. The highest BCUT2D eigenvalue weighted by molar-refractivity contribution is 5.71. The molecule has 0 heterocycles. The molecule has 1 atom stereocenters. The summed E-state index contributed by atoms with van der Waals surface area (Å²) in [5.74, 6) is -1.08. The molecule has 6 nitrogen and oxygen atoms in total. The van der Waals surface area contributed by atoms with E-state index in [0.717, 1.165) is 96.3 Å². The van der Waals surface area contributed by atoms with Gasteiger partial charge < -0.3 is 14.2 Å². The Labute approximate surface area is 392 Å². The van der Waals surface area contributed by atoms with Crippen molar-refractivity contribution < 1.29 is 28.6 Å². The van der Waals surface area contributed by atoms with Crippen molar-refractivity contribution in [3.05, 3.63) is 122 Å². The first-order valence-corrected chi connectivity index (χ1v) is 25.6. The summed E-state index contributed by atoms with van der Waals surface area (Å²) in [4.78, 5) is 37.8. The van der Waals surface area contributed by atoms with Crippen LogP contribution in [-0.4, -0.2) is 37.2 Å². The molecule has 0 aromatic carbocycles. The number of hydrogen-bond donors (Lipinski definition) is 0. The summed E-state index contributed by atoms with van der Waals surface area (Å²) in [7, 11) is 0. The summed E-state index contributed by atoms with van der Waals surface area (Å²) in [6.07, 6.45) is 70.6. The van der Waals surface area contributed by atoms with Gasteiger partial charge in [-0.15, -0.1) is 0 Å². The van der Waals surface area contributed by atoms with E-state index in [1.165, 1.54) is 57.8 Å². The van der Waals surface area contributed by atoms with Crippen LogP contribution < -0.4 is 0 Å². The van der Waals surface area contributed by atoms with Crippen molar-refractivity contribution in [2.45, 2.75) is 213 Å². The van der Waals surface area contributed by atoms with Crippen molar-refractivity contribution in [1.82, 2.24) is 0 Å². The minimum absolute atomic E-state index is 0.129. The van der Waals surface area contributed by atoms with Crippen LogP contribution in [0.1, 0.15) is 207 Å². The lowest BCUT2D eigenvalue weighted by atomic mass is 10.1. The van der Waals surface area contributed by atoms with Crippen LogP contribution in [0.15, 0.2) is 122 Å². The molecule has 0 aliphatic heterocycles. The summed E-state index contributed by atoms with van der Waals surface area (Å²) < 4.78 is 16.6. The number of carbonyl (C=O) groups excluding carboxylic acids is 3. The molecule has 64 heavy (non-hydrogen) atoms. The average Bonchev–Trinajstić information content (AvgIpc) is 3.29. The zero-order chi connectivity index (χ0) is 46.5. The Hall–Kier alpha value is -4.19. The van der Waals surface area contributed by atoms with E-state index in [1.54, 1.807) is 0 Å². The summed E-state index contributed by atoms with van der Waals surface area (Å²) in [6.45, 7) is 6.34. The maximum atomic E-state index is 12.8. The fourth-order valence-electron chi connectivity index (χ4n) is 6.41. The number of unbranched alkanes of at least 4 members (excludes halogenated alkanes) is 15. The summed E-state index contributed by atoms with van der Waals surface area (Å²) >= 11 is 0. The van der Waals surface area contributed by atoms with Crippen LogP contribution in [0.3, 0.4) is 0 Å². The van der Waals surface area contributed by atoms with Crippen LogP contribution in [0.5, 0.6) is 0 Å². The second kappa shape index (κ2) is 51.4. The normalized spacial score (nSPS) is 13.1. The third kappa shape index (κ3) is 48.8. The Bertz CT molecular complexity index is 1390. The lowest BCUT2D eigenvalue weighted by Gasteiger charge is -2.18. The van der Waals surface area contributed by atoms with Crippen molar-refractivity contribution in [2.24, 2.45) is 0 Å². The fourth-order valence-corrected chi connectivity index (χ4v) is 6.41. The Morgan fingerprint density at radius 2 is 0.719 bits per heavy atom. The quantitative estimate of drug-likeness (QED) is 0.0199. The van der Waals surface area contributed by atoms with E-state index in [-0.39, 0.29) is 50.4 Å². The number of carbonyl (C=O) groups is 3. The van der Waals surface area contributed by atoms with Gasteiger partial charge in [-0.2, -0.15) is 0 Å². The van der Waals surface area contributed by atoms with E-state index in [1.807, 2.05) is 12.2 Å². The number of hydrogen-bond acceptors (Lipinski definition) is 6. The molecule has 360 valence electrons. The highest BCUT2D eigenvalue weighted by Gasteiger charge is 2.19. The van der Waals surface area contributed by atoms with Gasteiger partial charge in [0.05, 0.1) is 0 Å². The first kappa shape index (κ1) is 59.8. The van der Waals surface area contributed by atoms with Crippen LogP contribution in [0, 0.1) is 0 Å². The number of rotatable bonds is 44. The molecule has 0 rings (SSSR count). The molecule has 0 amide bonds. The maximum absolute atomic E-state index is 12.8. The maximum Gasteiger partial charge on any atom is 0.306 e. The van der Waals surface area contributed by atoms with Gasteiger partial charge in [-0.1, -0.05) is 206 Å². The zero-order valence-electron chi connectivity index (χ0n) is 41.0. The lowest BCUT2D eigenvalue weighted by molar-refractivity contribution is -0.166. The number of allylic oxidation sites excluding steroid dienone is 20. The first-order valence-electron chi connectivity index (χ1n) is 25.6. The minimum atomic E-state index is -0.832. The molecule has 0 radical (unpaired) electrons.